The summed E-state index contributed by atoms with van der Waals surface area (Å²) in [7, 11) is 0. The molecule has 3 aromatic rings. The zero-order valence-corrected chi connectivity index (χ0v) is 16.4. The van der Waals surface area contributed by atoms with Crippen LogP contribution >= 0.6 is 11.8 Å². The van der Waals surface area contributed by atoms with E-state index >= 15 is 0 Å². The minimum atomic E-state index is -4.40. The lowest BCUT2D eigenvalue weighted by molar-refractivity contribution is -0.138. The summed E-state index contributed by atoms with van der Waals surface area (Å²) in [5, 5.41) is 13.4. The van der Waals surface area contributed by atoms with Crippen molar-refractivity contribution in [3.63, 3.8) is 0 Å². The Bertz CT molecular complexity index is 981. The molecule has 0 unspecified atom stereocenters. The summed E-state index contributed by atoms with van der Waals surface area (Å²) in [6.07, 6.45) is -1.49. The van der Waals surface area contributed by atoms with Crippen molar-refractivity contribution in [3.05, 3.63) is 65.9 Å². The van der Waals surface area contributed by atoms with Gasteiger partial charge in [-0.25, -0.2) is 4.68 Å². The number of halogens is 3. The number of carboxylic acid groups (broad SMARTS) is 1. The molecule has 0 radical (unpaired) electrons. The molecule has 0 spiro atoms. The molecular formula is C21H19F3N2O2S. The van der Waals surface area contributed by atoms with Gasteiger partial charge >= 0.3 is 12.1 Å². The van der Waals surface area contributed by atoms with Crippen molar-refractivity contribution in [1.82, 2.24) is 9.78 Å². The zero-order valence-electron chi connectivity index (χ0n) is 15.6. The van der Waals surface area contributed by atoms with E-state index in [1.807, 2.05) is 36.6 Å². The molecule has 152 valence electrons. The second-order valence-corrected chi connectivity index (χ2v) is 7.33. The molecule has 4 nitrogen and oxygen atoms in total. The molecule has 0 saturated carbocycles. The number of aromatic nitrogens is 2. The molecule has 8 heteroatoms. The maximum absolute atomic E-state index is 12.9. The molecule has 0 saturated heterocycles. The molecule has 0 aliphatic rings. The number of aryl methyl sites for hydroxylation is 1. The predicted molar refractivity (Wildman–Crippen MR) is 106 cm³/mol. The van der Waals surface area contributed by atoms with Gasteiger partial charge in [0.05, 0.1) is 22.6 Å². The van der Waals surface area contributed by atoms with Crippen LogP contribution in [0.25, 0.3) is 16.9 Å². The third-order valence-corrected chi connectivity index (χ3v) is 5.15. The third-order valence-electron chi connectivity index (χ3n) is 4.41. The molecule has 0 amide bonds. The molecule has 0 aliphatic carbocycles. The minimum Gasteiger partial charge on any atom is -0.481 e. The highest BCUT2D eigenvalue weighted by Crippen LogP contribution is 2.31. The maximum Gasteiger partial charge on any atom is 0.416 e. The van der Waals surface area contributed by atoms with Gasteiger partial charge in [-0.2, -0.15) is 18.3 Å². The Morgan fingerprint density at radius 3 is 2.31 bits per heavy atom. The summed E-state index contributed by atoms with van der Waals surface area (Å²) < 4.78 is 40.2. The van der Waals surface area contributed by atoms with Gasteiger partial charge in [-0.1, -0.05) is 12.1 Å². The minimum absolute atomic E-state index is 0.0326. The van der Waals surface area contributed by atoms with Gasteiger partial charge in [-0.15, -0.1) is 11.8 Å². The Labute approximate surface area is 170 Å². The van der Waals surface area contributed by atoms with Crippen molar-refractivity contribution < 1.29 is 23.1 Å². The fourth-order valence-electron chi connectivity index (χ4n) is 2.93. The average molecular weight is 420 g/mol. The van der Waals surface area contributed by atoms with Crippen LogP contribution in [-0.4, -0.2) is 27.1 Å². The number of thioether (sulfide) groups is 1. The van der Waals surface area contributed by atoms with Crippen LogP contribution in [0.1, 0.15) is 24.1 Å². The SMILES string of the molecule is CSc1ccc(-c2cc(CCCC(=O)O)nn2-c2ccc(C(F)(F)F)cc2)cc1. The largest absolute Gasteiger partial charge is 0.481 e. The molecule has 0 aliphatic heterocycles. The van der Waals surface area contributed by atoms with Crippen molar-refractivity contribution in [1.29, 1.82) is 0 Å². The van der Waals surface area contributed by atoms with Crippen LogP contribution in [0.3, 0.4) is 0 Å². The van der Waals surface area contributed by atoms with Gasteiger partial charge in [0.1, 0.15) is 0 Å². The Morgan fingerprint density at radius 2 is 1.76 bits per heavy atom. The highest BCUT2D eigenvalue weighted by Gasteiger charge is 2.30. The van der Waals surface area contributed by atoms with E-state index in [1.165, 1.54) is 12.1 Å². The van der Waals surface area contributed by atoms with E-state index in [0.717, 1.165) is 28.3 Å². The molecule has 0 bridgehead atoms. The molecule has 0 atom stereocenters. The zero-order chi connectivity index (χ0) is 21.0. The van der Waals surface area contributed by atoms with Crippen LogP contribution in [0.15, 0.2) is 59.5 Å². The second-order valence-electron chi connectivity index (χ2n) is 6.45. The average Bonchev–Trinajstić information content (AvgIpc) is 3.11. The Balaban J connectivity index is 1.98. The molecular weight excluding hydrogens is 401 g/mol. The summed E-state index contributed by atoms with van der Waals surface area (Å²) in [6.45, 7) is 0. The van der Waals surface area contributed by atoms with Gasteiger partial charge in [0, 0.05) is 16.9 Å². The lowest BCUT2D eigenvalue weighted by Crippen LogP contribution is -2.06. The van der Waals surface area contributed by atoms with E-state index in [9.17, 15) is 18.0 Å². The van der Waals surface area contributed by atoms with Crippen molar-refractivity contribution in [2.24, 2.45) is 0 Å². The van der Waals surface area contributed by atoms with Crippen LogP contribution in [0, 0.1) is 0 Å². The number of aliphatic carboxylic acids is 1. The van der Waals surface area contributed by atoms with Crippen LogP contribution in [0.5, 0.6) is 0 Å². The van der Waals surface area contributed by atoms with Gasteiger partial charge in [0.15, 0.2) is 0 Å². The normalized spacial score (nSPS) is 11.6. The van der Waals surface area contributed by atoms with Gasteiger partial charge in [-0.3, -0.25) is 4.79 Å². The topological polar surface area (TPSA) is 55.1 Å². The number of rotatable bonds is 7. The van der Waals surface area contributed by atoms with Gasteiger partial charge < -0.3 is 5.11 Å². The number of carboxylic acids is 1. The maximum atomic E-state index is 12.9. The van der Waals surface area contributed by atoms with Gasteiger partial charge in [0.25, 0.3) is 0 Å². The van der Waals surface area contributed by atoms with Gasteiger partial charge in [-0.05, 0) is 61.6 Å². The molecule has 3 rings (SSSR count). The highest BCUT2D eigenvalue weighted by molar-refractivity contribution is 7.98. The van der Waals surface area contributed by atoms with E-state index in [0.29, 0.717) is 24.2 Å². The van der Waals surface area contributed by atoms with Crippen molar-refractivity contribution >= 4 is 17.7 Å². The lowest BCUT2D eigenvalue weighted by Gasteiger charge is -2.10. The first-order valence-electron chi connectivity index (χ1n) is 8.91. The molecule has 0 fully saturated rings. The first kappa shape index (κ1) is 21.0. The Hall–Kier alpha value is -2.74. The Kier molecular flexibility index (Phi) is 6.32. The monoisotopic (exact) mass is 420 g/mol. The fraction of sp³-hybridized carbons (Fsp3) is 0.238. The van der Waals surface area contributed by atoms with Crippen LogP contribution in [0.2, 0.25) is 0 Å². The molecule has 1 heterocycles. The quantitative estimate of drug-likeness (QED) is 0.499. The summed E-state index contributed by atoms with van der Waals surface area (Å²) in [5.41, 5.74) is 2.09. The smallest absolute Gasteiger partial charge is 0.416 e. The molecule has 2 aromatic carbocycles. The number of carbonyl (C=O) groups is 1. The number of alkyl halides is 3. The lowest BCUT2D eigenvalue weighted by atomic mass is 10.1. The standard InChI is InChI=1S/C21H19F3N2O2S/c1-29-18-11-5-14(6-12-18)19-13-16(3-2-4-20(27)28)25-26(19)17-9-7-15(8-10-17)21(22,23)24/h5-13H,2-4H2,1H3,(H,27,28). The Morgan fingerprint density at radius 1 is 1.10 bits per heavy atom. The van der Waals surface area contributed by atoms with E-state index in [-0.39, 0.29) is 6.42 Å². The predicted octanol–water partition coefficient (Wildman–Crippen LogP) is 5.69. The molecule has 1 aromatic heterocycles. The van der Waals surface area contributed by atoms with Crippen molar-refractivity contribution in [3.8, 4) is 16.9 Å². The molecule has 1 N–H and O–H groups in total. The first-order chi connectivity index (χ1) is 13.8. The van der Waals surface area contributed by atoms with E-state index in [1.54, 1.807) is 16.4 Å². The van der Waals surface area contributed by atoms with Gasteiger partial charge in [0.2, 0.25) is 0 Å². The third kappa shape index (κ3) is 5.20. The van der Waals surface area contributed by atoms with Crippen molar-refractivity contribution in [2.45, 2.75) is 30.3 Å². The first-order valence-corrected chi connectivity index (χ1v) is 10.1. The highest BCUT2D eigenvalue weighted by atomic mass is 32.2. The molecule has 29 heavy (non-hydrogen) atoms. The van der Waals surface area contributed by atoms with E-state index in [4.69, 9.17) is 5.11 Å². The summed E-state index contributed by atoms with van der Waals surface area (Å²) in [4.78, 5) is 11.9. The second kappa shape index (κ2) is 8.73. The van der Waals surface area contributed by atoms with Crippen LogP contribution in [0.4, 0.5) is 13.2 Å². The number of nitrogens with zero attached hydrogens (tertiary/aromatic N) is 2. The van der Waals surface area contributed by atoms with E-state index < -0.39 is 17.7 Å². The van der Waals surface area contributed by atoms with Crippen LogP contribution in [-0.2, 0) is 17.4 Å². The number of hydrogen-bond donors (Lipinski definition) is 1. The fourth-order valence-corrected chi connectivity index (χ4v) is 3.34. The van der Waals surface area contributed by atoms with E-state index in [2.05, 4.69) is 5.10 Å². The summed E-state index contributed by atoms with van der Waals surface area (Å²) in [5.74, 6) is -0.875. The summed E-state index contributed by atoms with van der Waals surface area (Å²) >= 11 is 1.61. The summed E-state index contributed by atoms with van der Waals surface area (Å²) in [6, 6.07) is 14.5. The van der Waals surface area contributed by atoms with Crippen LogP contribution < -0.4 is 0 Å². The number of benzene rings is 2. The van der Waals surface area contributed by atoms with Crippen molar-refractivity contribution in [2.75, 3.05) is 6.26 Å². The number of hydrogen-bond acceptors (Lipinski definition) is 3.